The van der Waals surface area contributed by atoms with Gasteiger partial charge >= 0.3 is 0 Å². The van der Waals surface area contributed by atoms with Crippen molar-refractivity contribution >= 4 is 11.3 Å². The summed E-state index contributed by atoms with van der Waals surface area (Å²) in [7, 11) is 0. The van der Waals surface area contributed by atoms with Gasteiger partial charge in [-0.2, -0.15) is 0 Å². The number of benzene rings is 1. The average Bonchev–Trinajstić information content (AvgIpc) is 3.20. The minimum atomic E-state index is -0.513. The second-order valence-corrected chi connectivity index (χ2v) is 8.17. The summed E-state index contributed by atoms with van der Waals surface area (Å²) in [5.41, 5.74) is 0. The van der Waals surface area contributed by atoms with Gasteiger partial charge in [0.1, 0.15) is 18.5 Å². The number of ether oxygens (including phenoxy) is 1. The fourth-order valence-electron chi connectivity index (χ4n) is 3.39. The molecule has 1 fully saturated rings. The zero-order valence-electron chi connectivity index (χ0n) is 15.5. The lowest BCUT2D eigenvalue weighted by molar-refractivity contribution is 0.0985. The number of piperidine rings is 1. The lowest BCUT2D eigenvalue weighted by Gasteiger charge is -2.36. The van der Waals surface area contributed by atoms with Crippen LogP contribution < -0.4 is 10.1 Å². The second kappa shape index (κ2) is 10.1. The summed E-state index contributed by atoms with van der Waals surface area (Å²) < 4.78 is 5.63. The van der Waals surface area contributed by atoms with Gasteiger partial charge in [0, 0.05) is 18.0 Å². The number of nitrogens with one attached hydrogen (secondary N) is 1. The normalized spacial score (nSPS) is 18.5. The Balaban J connectivity index is 1.45. The highest BCUT2D eigenvalue weighted by Crippen LogP contribution is 2.29. The van der Waals surface area contributed by atoms with Gasteiger partial charge in [-0.15, -0.1) is 11.3 Å². The van der Waals surface area contributed by atoms with Crippen molar-refractivity contribution in [2.24, 2.45) is 5.92 Å². The predicted molar refractivity (Wildman–Crippen MR) is 108 cm³/mol. The van der Waals surface area contributed by atoms with Crippen molar-refractivity contribution in [1.82, 2.24) is 10.2 Å². The molecule has 4 nitrogen and oxygen atoms in total. The maximum absolute atomic E-state index is 10.2. The van der Waals surface area contributed by atoms with E-state index >= 15 is 0 Å². The number of thiophene rings is 1. The van der Waals surface area contributed by atoms with E-state index in [0.29, 0.717) is 19.2 Å². The third kappa shape index (κ3) is 5.81. The zero-order valence-corrected chi connectivity index (χ0v) is 16.3. The van der Waals surface area contributed by atoms with Crippen LogP contribution >= 0.6 is 11.3 Å². The molecule has 5 heteroatoms. The summed E-state index contributed by atoms with van der Waals surface area (Å²) in [6.45, 7) is 6.37. The van der Waals surface area contributed by atoms with Gasteiger partial charge < -0.3 is 15.2 Å². The molecule has 1 aromatic carbocycles. The van der Waals surface area contributed by atoms with Crippen molar-refractivity contribution < 1.29 is 9.84 Å². The summed E-state index contributed by atoms with van der Waals surface area (Å²) in [5, 5.41) is 15.8. The maximum Gasteiger partial charge on any atom is 0.119 e. The molecule has 0 aliphatic carbocycles. The summed E-state index contributed by atoms with van der Waals surface area (Å²) in [5.74, 6) is 1.63. The lowest BCUT2D eigenvalue weighted by Crippen LogP contribution is -2.42. The first-order valence-electron chi connectivity index (χ1n) is 9.56. The summed E-state index contributed by atoms with van der Waals surface area (Å²) in [6.07, 6.45) is 2.03. The largest absolute Gasteiger partial charge is 0.491 e. The zero-order chi connectivity index (χ0) is 18.2. The molecule has 2 atom stereocenters. The quantitative estimate of drug-likeness (QED) is 0.705. The molecule has 2 heterocycles. The Hall–Kier alpha value is -1.40. The van der Waals surface area contributed by atoms with Gasteiger partial charge in [0.15, 0.2) is 0 Å². The van der Waals surface area contributed by atoms with Crippen molar-refractivity contribution in [3.63, 3.8) is 0 Å². The van der Waals surface area contributed by atoms with Crippen molar-refractivity contribution in [2.45, 2.75) is 31.9 Å². The van der Waals surface area contributed by atoms with Gasteiger partial charge in [0.25, 0.3) is 0 Å². The first-order chi connectivity index (χ1) is 12.7. The third-order valence-electron chi connectivity index (χ3n) is 5.03. The Kier molecular flexibility index (Phi) is 7.50. The van der Waals surface area contributed by atoms with Crippen LogP contribution in [0.2, 0.25) is 0 Å². The van der Waals surface area contributed by atoms with E-state index < -0.39 is 6.10 Å². The Bertz CT molecular complexity index is 612. The van der Waals surface area contributed by atoms with E-state index in [0.717, 1.165) is 31.3 Å². The molecule has 0 amide bonds. The number of aliphatic hydroxyl groups excluding tert-OH is 1. The lowest BCUT2D eigenvalue weighted by atomic mass is 9.97. The second-order valence-electron chi connectivity index (χ2n) is 7.19. The molecule has 0 saturated carbocycles. The third-order valence-corrected chi connectivity index (χ3v) is 6.01. The molecule has 0 spiro atoms. The molecular weight excluding hydrogens is 344 g/mol. The van der Waals surface area contributed by atoms with E-state index in [2.05, 4.69) is 34.7 Å². The van der Waals surface area contributed by atoms with Crippen molar-refractivity contribution in [3.8, 4) is 5.75 Å². The number of likely N-dealkylation sites (tertiary alicyclic amines) is 1. The number of hydrogen-bond acceptors (Lipinski definition) is 5. The standard InChI is InChI=1S/C21H30N2O2S/c1-17-9-11-23(12-10-17)20(21-8-5-13-26-21)15-22-14-18(24)16-25-19-6-3-2-4-7-19/h2-8,13,17-18,20,22,24H,9-12,14-16H2,1H3/t18-,20-/m1/s1. The monoisotopic (exact) mass is 374 g/mol. The van der Waals surface area contributed by atoms with Crippen LogP contribution in [-0.2, 0) is 0 Å². The average molecular weight is 375 g/mol. The molecule has 1 aromatic heterocycles. The van der Waals surface area contributed by atoms with Crippen LogP contribution in [0.3, 0.4) is 0 Å². The number of nitrogens with zero attached hydrogens (tertiary/aromatic N) is 1. The number of hydrogen-bond donors (Lipinski definition) is 2. The maximum atomic E-state index is 10.2. The minimum Gasteiger partial charge on any atom is -0.491 e. The molecule has 1 aliphatic heterocycles. The van der Waals surface area contributed by atoms with E-state index in [1.54, 1.807) is 0 Å². The van der Waals surface area contributed by atoms with Crippen molar-refractivity contribution in [3.05, 3.63) is 52.7 Å². The number of aliphatic hydroxyl groups is 1. The fraction of sp³-hybridized carbons (Fsp3) is 0.524. The molecule has 1 aliphatic rings. The molecule has 2 N–H and O–H groups in total. The molecule has 0 bridgehead atoms. The van der Waals surface area contributed by atoms with Crippen LogP contribution in [0.15, 0.2) is 47.8 Å². The highest BCUT2D eigenvalue weighted by atomic mass is 32.1. The minimum absolute atomic E-state index is 0.307. The van der Waals surface area contributed by atoms with Gasteiger partial charge in [0.05, 0.1) is 6.04 Å². The predicted octanol–water partition coefficient (Wildman–Crippen LogP) is 3.55. The van der Waals surface area contributed by atoms with E-state index in [9.17, 15) is 5.11 Å². The van der Waals surface area contributed by atoms with Crippen LogP contribution in [0.5, 0.6) is 5.75 Å². The molecule has 2 aromatic rings. The molecule has 1 saturated heterocycles. The number of rotatable bonds is 9. The van der Waals surface area contributed by atoms with E-state index in [1.807, 2.05) is 41.7 Å². The summed E-state index contributed by atoms with van der Waals surface area (Å²) in [4.78, 5) is 3.99. The first-order valence-corrected chi connectivity index (χ1v) is 10.4. The Morgan fingerprint density at radius 3 is 2.62 bits per heavy atom. The van der Waals surface area contributed by atoms with Crippen LogP contribution in [0.4, 0.5) is 0 Å². The van der Waals surface area contributed by atoms with Gasteiger partial charge in [0.2, 0.25) is 0 Å². The van der Waals surface area contributed by atoms with E-state index in [1.165, 1.54) is 17.7 Å². The molecule has 3 rings (SSSR count). The van der Waals surface area contributed by atoms with Gasteiger partial charge in [-0.3, -0.25) is 4.90 Å². The fourth-order valence-corrected chi connectivity index (χ4v) is 4.25. The van der Waals surface area contributed by atoms with Crippen LogP contribution in [0, 0.1) is 5.92 Å². The Morgan fingerprint density at radius 2 is 1.92 bits per heavy atom. The summed E-state index contributed by atoms with van der Waals surface area (Å²) >= 11 is 1.82. The molecule has 142 valence electrons. The topological polar surface area (TPSA) is 44.7 Å². The smallest absolute Gasteiger partial charge is 0.119 e. The van der Waals surface area contributed by atoms with E-state index in [4.69, 9.17) is 4.74 Å². The van der Waals surface area contributed by atoms with Crippen molar-refractivity contribution in [1.29, 1.82) is 0 Å². The van der Waals surface area contributed by atoms with Crippen LogP contribution in [-0.4, -0.2) is 48.9 Å². The number of para-hydroxylation sites is 1. The van der Waals surface area contributed by atoms with Gasteiger partial charge in [-0.25, -0.2) is 0 Å². The SMILES string of the molecule is CC1CCN([C@H](CNC[C@@H](O)COc2ccccc2)c2cccs2)CC1. The molecular formula is C21H30N2O2S. The summed E-state index contributed by atoms with van der Waals surface area (Å²) in [6, 6.07) is 14.4. The van der Waals surface area contributed by atoms with Crippen LogP contribution in [0.25, 0.3) is 0 Å². The first kappa shape index (κ1) is 19.4. The van der Waals surface area contributed by atoms with Gasteiger partial charge in [-0.05, 0) is 55.4 Å². The van der Waals surface area contributed by atoms with Gasteiger partial charge in [-0.1, -0.05) is 31.2 Å². The molecule has 26 heavy (non-hydrogen) atoms. The van der Waals surface area contributed by atoms with E-state index in [-0.39, 0.29) is 0 Å². The highest BCUT2D eigenvalue weighted by molar-refractivity contribution is 7.10. The molecule has 0 unspecified atom stereocenters. The Morgan fingerprint density at radius 1 is 1.15 bits per heavy atom. The highest BCUT2D eigenvalue weighted by Gasteiger charge is 2.25. The van der Waals surface area contributed by atoms with Crippen LogP contribution in [0.1, 0.15) is 30.7 Å². The molecule has 0 radical (unpaired) electrons. The Labute approximate surface area is 160 Å². The van der Waals surface area contributed by atoms with Crippen molar-refractivity contribution in [2.75, 3.05) is 32.8 Å².